The van der Waals surface area contributed by atoms with E-state index in [0.717, 1.165) is 9.37 Å². The fourth-order valence-electron chi connectivity index (χ4n) is 1.43. The third kappa shape index (κ3) is 1.81. The summed E-state index contributed by atoms with van der Waals surface area (Å²) in [5.74, 6) is 0.0479. The second-order valence-corrected chi connectivity index (χ2v) is 4.93. The predicted molar refractivity (Wildman–Crippen MR) is 60.5 cm³/mol. The quantitative estimate of drug-likeness (QED) is 0.744. The van der Waals surface area contributed by atoms with Crippen molar-refractivity contribution in [1.82, 2.24) is 0 Å². The second kappa shape index (κ2) is 3.98. The third-order valence-corrected chi connectivity index (χ3v) is 3.70. The first-order chi connectivity index (χ1) is 7.13. The van der Waals surface area contributed by atoms with Gasteiger partial charge in [0.2, 0.25) is 0 Å². The van der Waals surface area contributed by atoms with Crippen LogP contribution in [0.1, 0.15) is 20.7 Å². The molecule has 78 valence electrons. The van der Waals surface area contributed by atoms with E-state index in [0.29, 0.717) is 16.9 Å². The lowest BCUT2D eigenvalue weighted by molar-refractivity contribution is 0.0596. The number of carbonyl (C=O) groups excluding carboxylic acids is 2. The van der Waals surface area contributed by atoms with Crippen molar-refractivity contribution in [2.24, 2.45) is 0 Å². The van der Waals surface area contributed by atoms with Crippen molar-refractivity contribution in [3.63, 3.8) is 0 Å². The Labute approximate surface area is 99.3 Å². The first-order valence-corrected chi connectivity index (χ1v) is 5.99. The van der Waals surface area contributed by atoms with Gasteiger partial charge in [-0.2, -0.15) is 0 Å². The maximum absolute atomic E-state index is 11.5. The summed E-state index contributed by atoms with van der Waals surface area (Å²) in [4.78, 5) is 23.7. The molecule has 0 amide bonds. The van der Waals surface area contributed by atoms with Crippen LogP contribution in [0.2, 0.25) is 0 Å². The van der Waals surface area contributed by atoms with Crippen molar-refractivity contribution in [3.8, 4) is 0 Å². The number of halogens is 1. The first kappa shape index (κ1) is 10.7. The van der Waals surface area contributed by atoms with Crippen LogP contribution in [0.3, 0.4) is 0 Å². The second-order valence-electron chi connectivity index (χ2n) is 3.03. The molecule has 0 fully saturated rings. The number of benzene rings is 1. The number of carbonyl (C=O) groups is 2. The van der Waals surface area contributed by atoms with Gasteiger partial charge in [0.15, 0.2) is 5.78 Å². The van der Waals surface area contributed by atoms with Crippen LogP contribution in [-0.2, 0) is 4.74 Å². The SMILES string of the molecule is COC(=O)c1cc(Br)cc2c1SCC2=O. The highest BCUT2D eigenvalue weighted by Gasteiger charge is 2.26. The molecular weight excluding hydrogens is 280 g/mol. The van der Waals surface area contributed by atoms with Crippen molar-refractivity contribution in [3.05, 3.63) is 27.7 Å². The van der Waals surface area contributed by atoms with Crippen LogP contribution in [0.15, 0.2) is 21.5 Å². The molecule has 0 aromatic heterocycles. The number of esters is 1. The number of fused-ring (bicyclic) bond motifs is 1. The molecule has 0 atom stereocenters. The minimum Gasteiger partial charge on any atom is -0.465 e. The number of hydrogen-bond donors (Lipinski definition) is 0. The molecule has 0 unspecified atom stereocenters. The summed E-state index contributed by atoms with van der Waals surface area (Å²) in [6, 6.07) is 3.42. The Hall–Kier alpha value is -0.810. The molecule has 0 bridgehead atoms. The molecule has 0 N–H and O–H groups in total. The lowest BCUT2D eigenvalue weighted by Crippen LogP contribution is -2.04. The van der Waals surface area contributed by atoms with Crippen molar-refractivity contribution in [1.29, 1.82) is 0 Å². The minimum absolute atomic E-state index is 0.0569. The average Bonchev–Trinajstić information content (AvgIpc) is 2.58. The van der Waals surface area contributed by atoms with Gasteiger partial charge >= 0.3 is 5.97 Å². The molecule has 1 aliphatic rings. The Morgan fingerprint density at radius 2 is 2.27 bits per heavy atom. The van der Waals surface area contributed by atoms with Gasteiger partial charge < -0.3 is 4.74 Å². The standard InChI is InChI=1S/C10H7BrO3S/c1-14-10(13)7-3-5(11)2-6-8(12)4-15-9(6)7/h2-3H,4H2,1H3. The molecule has 0 saturated heterocycles. The molecule has 0 saturated carbocycles. The van der Waals surface area contributed by atoms with Crippen LogP contribution in [0, 0.1) is 0 Å². The van der Waals surface area contributed by atoms with E-state index in [2.05, 4.69) is 20.7 Å². The van der Waals surface area contributed by atoms with Crippen LogP contribution < -0.4 is 0 Å². The van der Waals surface area contributed by atoms with Crippen molar-refractivity contribution >= 4 is 39.4 Å². The summed E-state index contributed by atoms with van der Waals surface area (Å²) in [6.07, 6.45) is 0. The Kier molecular flexibility index (Phi) is 2.84. The fourth-order valence-corrected chi connectivity index (χ4v) is 2.95. The first-order valence-electron chi connectivity index (χ1n) is 4.21. The molecule has 0 aliphatic carbocycles. The number of ketones is 1. The van der Waals surface area contributed by atoms with Crippen LogP contribution in [0.4, 0.5) is 0 Å². The molecule has 1 aromatic carbocycles. The molecule has 1 aliphatic heterocycles. The Balaban J connectivity index is 2.61. The number of methoxy groups -OCH3 is 1. The zero-order valence-corrected chi connectivity index (χ0v) is 10.3. The number of thioether (sulfide) groups is 1. The van der Waals surface area contributed by atoms with Crippen LogP contribution in [0.25, 0.3) is 0 Å². The molecule has 1 heterocycles. The van der Waals surface area contributed by atoms with Gasteiger partial charge in [-0.25, -0.2) is 4.79 Å². The van der Waals surface area contributed by atoms with Gasteiger partial charge in [0.1, 0.15) is 0 Å². The van der Waals surface area contributed by atoms with E-state index in [4.69, 9.17) is 0 Å². The van der Waals surface area contributed by atoms with E-state index in [9.17, 15) is 9.59 Å². The van der Waals surface area contributed by atoms with Gasteiger partial charge in [0.05, 0.1) is 18.4 Å². The third-order valence-electron chi connectivity index (χ3n) is 2.11. The number of hydrogen-bond acceptors (Lipinski definition) is 4. The van der Waals surface area contributed by atoms with E-state index in [1.54, 1.807) is 12.1 Å². The Morgan fingerprint density at radius 3 is 2.93 bits per heavy atom. The predicted octanol–water partition coefficient (Wildman–Crippen LogP) is 2.52. The van der Waals surface area contributed by atoms with E-state index in [1.165, 1.54) is 18.9 Å². The molecular formula is C10H7BrO3S. The summed E-state index contributed by atoms with van der Waals surface area (Å²) < 4.78 is 5.39. The number of rotatable bonds is 1. The summed E-state index contributed by atoms with van der Waals surface area (Å²) in [6.45, 7) is 0. The van der Waals surface area contributed by atoms with Crippen molar-refractivity contribution < 1.29 is 14.3 Å². The fraction of sp³-hybridized carbons (Fsp3) is 0.200. The molecule has 3 nitrogen and oxygen atoms in total. The van der Waals surface area contributed by atoms with Gasteiger partial charge in [0.25, 0.3) is 0 Å². The summed E-state index contributed by atoms with van der Waals surface area (Å²) in [5.41, 5.74) is 1.06. The average molecular weight is 287 g/mol. The lowest BCUT2D eigenvalue weighted by Gasteiger charge is -2.05. The summed E-state index contributed by atoms with van der Waals surface area (Å²) in [5, 5.41) is 0. The van der Waals surface area contributed by atoms with Gasteiger partial charge in [-0.05, 0) is 12.1 Å². The van der Waals surface area contributed by atoms with Gasteiger partial charge in [-0.15, -0.1) is 11.8 Å². The lowest BCUT2D eigenvalue weighted by atomic mass is 10.1. The highest BCUT2D eigenvalue weighted by molar-refractivity contribution is 9.10. The monoisotopic (exact) mass is 286 g/mol. The molecule has 0 spiro atoms. The van der Waals surface area contributed by atoms with E-state index >= 15 is 0 Å². The topological polar surface area (TPSA) is 43.4 Å². The zero-order chi connectivity index (χ0) is 11.0. The summed E-state index contributed by atoms with van der Waals surface area (Å²) in [7, 11) is 1.33. The zero-order valence-electron chi connectivity index (χ0n) is 7.87. The van der Waals surface area contributed by atoms with E-state index in [-0.39, 0.29) is 5.78 Å². The smallest absolute Gasteiger partial charge is 0.339 e. The van der Waals surface area contributed by atoms with Crippen molar-refractivity contribution in [2.45, 2.75) is 4.90 Å². The minimum atomic E-state index is -0.408. The van der Waals surface area contributed by atoms with Gasteiger partial charge in [-0.1, -0.05) is 15.9 Å². The van der Waals surface area contributed by atoms with Crippen LogP contribution in [0.5, 0.6) is 0 Å². The molecule has 1 aromatic rings. The van der Waals surface area contributed by atoms with Gasteiger partial charge in [0, 0.05) is 14.9 Å². The summed E-state index contributed by atoms with van der Waals surface area (Å²) >= 11 is 4.66. The highest BCUT2D eigenvalue weighted by Crippen LogP contribution is 2.36. The van der Waals surface area contributed by atoms with Crippen LogP contribution >= 0.6 is 27.7 Å². The van der Waals surface area contributed by atoms with Gasteiger partial charge in [-0.3, -0.25) is 4.79 Å². The van der Waals surface area contributed by atoms with E-state index in [1.807, 2.05) is 0 Å². The number of ether oxygens (including phenoxy) is 1. The van der Waals surface area contributed by atoms with E-state index < -0.39 is 5.97 Å². The maximum Gasteiger partial charge on any atom is 0.339 e. The number of Topliss-reactive ketones (excluding diaryl/α,β-unsaturated/α-hetero) is 1. The molecule has 0 radical (unpaired) electrons. The highest BCUT2D eigenvalue weighted by atomic mass is 79.9. The normalized spacial score (nSPS) is 13.9. The Bertz CT molecular complexity index is 456. The van der Waals surface area contributed by atoms with Crippen LogP contribution in [-0.4, -0.2) is 24.6 Å². The maximum atomic E-state index is 11.5. The molecule has 15 heavy (non-hydrogen) atoms. The van der Waals surface area contributed by atoms with Crippen molar-refractivity contribution in [2.75, 3.05) is 12.9 Å². The largest absolute Gasteiger partial charge is 0.465 e. The Morgan fingerprint density at radius 1 is 1.53 bits per heavy atom. The molecule has 2 rings (SSSR count). The molecule has 5 heteroatoms.